The predicted molar refractivity (Wildman–Crippen MR) is 130 cm³/mol. The van der Waals surface area contributed by atoms with E-state index in [1.807, 2.05) is 49.4 Å². The summed E-state index contributed by atoms with van der Waals surface area (Å²) in [5.41, 5.74) is 7.53. The summed E-state index contributed by atoms with van der Waals surface area (Å²) in [5, 5.41) is 8.59. The number of nitrogens with zero attached hydrogens (tertiary/aromatic N) is 4. The van der Waals surface area contributed by atoms with Gasteiger partial charge in [-0.1, -0.05) is 35.9 Å². The lowest BCUT2D eigenvalue weighted by Gasteiger charge is -2.20. The van der Waals surface area contributed by atoms with Crippen molar-refractivity contribution in [3.63, 3.8) is 0 Å². The van der Waals surface area contributed by atoms with Gasteiger partial charge in [-0.2, -0.15) is 0 Å². The SMILES string of the molecule is CC=c1cc(C(C)NC(=O)c2c(N)nn3cccnc23)n(-c2ccccc2)c(=O)c1=C(C)Cl. The molecule has 0 saturated heterocycles. The summed E-state index contributed by atoms with van der Waals surface area (Å²) in [6.07, 6.45) is 5.05. The zero-order valence-corrected chi connectivity index (χ0v) is 19.2. The van der Waals surface area contributed by atoms with Crippen molar-refractivity contribution in [2.75, 3.05) is 5.73 Å². The van der Waals surface area contributed by atoms with Gasteiger partial charge in [-0.05, 0) is 50.3 Å². The number of rotatable bonds is 4. The smallest absolute Gasteiger partial charge is 0.264 e. The number of carbonyl (C=O) groups is 1. The number of anilines is 1. The van der Waals surface area contributed by atoms with Crippen LogP contribution in [0, 0.1) is 0 Å². The molecule has 3 N–H and O–H groups in total. The lowest BCUT2D eigenvalue weighted by Crippen LogP contribution is -2.47. The number of amides is 1. The summed E-state index contributed by atoms with van der Waals surface area (Å²) in [7, 11) is 0. The number of pyridine rings is 1. The molecule has 1 unspecified atom stereocenters. The minimum absolute atomic E-state index is 0.0733. The number of halogens is 1. The van der Waals surface area contributed by atoms with Crippen LogP contribution in [0.1, 0.15) is 42.9 Å². The summed E-state index contributed by atoms with van der Waals surface area (Å²) in [6.45, 7) is 5.33. The molecule has 0 aliphatic carbocycles. The van der Waals surface area contributed by atoms with Crippen LogP contribution in [0.15, 0.2) is 59.7 Å². The van der Waals surface area contributed by atoms with Gasteiger partial charge in [0.2, 0.25) is 0 Å². The molecule has 168 valence electrons. The molecule has 1 atom stereocenters. The molecular weight excluding hydrogens is 440 g/mol. The minimum Gasteiger partial charge on any atom is -0.381 e. The van der Waals surface area contributed by atoms with Crippen LogP contribution in [-0.2, 0) is 0 Å². The molecule has 0 saturated carbocycles. The third kappa shape index (κ3) is 4.01. The highest BCUT2D eigenvalue weighted by Crippen LogP contribution is 2.19. The molecule has 0 spiro atoms. The number of hydrogen-bond acceptors (Lipinski definition) is 5. The van der Waals surface area contributed by atoms with Crippen LogP contribution in [0.4, 0.5) is 5.82 Å². The Labute approximate surface area is 194 Å². The van der Waals surface area contributed by atoms with Gasteiger partial charge in [-0.25, -0.2) is 9.50 Å². The van der Waals surface area contributed by atoms with Crippen LogP contribution < -0.4 is 27.0 Å². The lowest BCUT2D eigenvalue weighted by atomic mass is 10.1. The topological polar surface area (TPSA) is 107 Å². The van der Waals surface area contributed by atoms with Crippen LogP contribution in [-0.4, -0.2) is 25.1 Å². The molecule has 0 bridgehead atoms. The Morgan fingerprint density at radius 1 is 1.24 bits per heavy atom. The van der Waals surface area contributed by atoms with E-state index in [2.05, 4.69) is 15.4 Å². The Balaban J connectivity index is 1.87. The van der Waals surface area contributed by atoms with Gasteiger partial charge in [0.05, 0.1) is 11.3 Å². The van der Waals surface area contributed by atoms with E-state index in [4.69, 9.17) is 17.3 Å². The number of nitrogens with two attached hydrogens (primary N) is 1. The van der Waals surface area contributed by atoms with Crippen LogP contribution in [0.3, 0.4) is 0 Å². The van der Waals surface area contributed by atoms with Crippen molar-refractivity contribution >= 4 is 40.1 Å². The average Bonchev–Trinajstić information content (AvgIpc) is 3.14. The molecule has 9 heteroatoms. The molecule has 0 aliphatic rings. The number of nitrogens with one attached hydrogen (secondary N) is 1. The molecule has 0 fully saturated rings. The van der Waals surface area contributed by atoms with Crippen LogP contribution >= 0.6 is 11.6 Å². The zero-order valence-electron chi connectivity index (χ0n) is 18.4. The van der Waals surface area contributed by atoms with Crippen molar-refractivity contribution in [3.8, 4) is 5.69 Å². The van der Waals surface area contributed by atoms with E-state index in [0.717, 1.165) is 0 Å². The van der Waals surface area contributed by atoms with Gasteiger partial charge in [0.15, 0.2) is 11.5 Å². The largest absolute Gasteiger partial charge is 0.381 e. The van der Waals surface area contributed by atoms with E-state index in [-0.39, 0.29) is 16.9 Å². The van der Waals surface area contributed by atoms with E-state index in [0.29, 0.717) is 32.5 Å². The molecule has 33 heavy (non-hydrogen) atoms. The number of para-hydroxylation sites is 1. The first-order chi connectivity index (χ1) is 15.8. The second-order valence-electron chi connectivity index (χ2n) is 7.54. The predicted octanol–water partition coefficient (Wildman–Crippen LogP) is 2.12. The maximum absolute atomic E-state index is 13.5. The summed E-state index contributed by atoms with van der Waals surface area (Å²) in [5.74, 6) is -0.365. The van der Waals surface area contributed by atoms with Gasteiger partial charge in [-0.3, -0.25) is 14.2 Å². The normalized spacial score (nSPS) is 13.8. The van der Waals surface area contributed by atoms with Gasteiger partial charge in [0, 0.05) is 28.8 Å². The van der Waals surface area contributed by atoms with Gasteiger partial charge < -0.3 is 11.1 Å². The fourth-order valence-electron chi connectivity index (χ4n) is 3.85. The van der Waals surface area contributed by atoms with Crippen LogP contribution in [0.2, 0.25) is 0 Å². The zero-order chi connectivity index (χ0) is 23.7. The maximum Gasteiger partial charge on any atom is 0.264 e. The molecule has 8 nitrogen and oxygen atoms in total. The number of aromatic nitrogens is 4. The Hall–Kier alpha value is -3.91. The summed E-state index contributed by atoms with van der Waals surface area (Å²) in [6, 6.07) is 12.2. The molecule has 4 aromatic rings. The fourth-order valence-corrected chi connectivity index (χ4v) is 4.04. The number of benzene rings is 1. The first kappa shape index (κ1) is 22.3. The number of carbonyl (C=O) groups excluding carboxylic acids is 1. The summed E-state index contributed by atoms with van der Waals surface area (Å²) >= 11 is 6.29. The van der Waals surface area contributed by atoms with Gasteiger partial charge in [-0.15, -0.1) is 5.10 Å². The second kappa shape index (κ2) is 8.91. The Morgan fingerprint density at radius 2 is 1.97 bits per heavy atom. The lowest BCUT2D eigenvalue weighted by molar-refractivity contribution is 0.0941. The molecular formula is C24H23ClN6O2. The van der Waals surface area contributed by atoms with Gasteiger partial charge in [0.25, 0.3) is 11.5 Å². The maximum atomic E-state index is 13.5. The van der Waals surface area contributed by atoms with Crippen molar-refractivity contribution in [2.45, 2.75) is 26.8 Å². The average molecular weight is 463 g/mol. The minimum atomic E-state index is -0.549. The van der Waals surface area contributed by atoms with E-state index in [9.17, 15) is 9.59 Å². The highest BCUT2D eigenvalue weighted by atomic mass is 35.5. The van der Waals surface area contributed by atoms with E-state index in [1.54, 1.807) is 36.9 Å². The van der Waals surface area contributed by atoms with Crippen LogP contribution in [0.25, 0.3) is 22.4 Å². The standard InChI is InChI=1S/C24H23ClN6O2/c1-4-16-13-18(31(17-9-6-5-7-10-17)24(33)19(16)14(2)25)15(3)28-23(32)20-21(26)29-30-12-8-11-27-22(20)30/h4-13,15H,1-3H3,(H2,26,29)(H,28,32). The summed E-state index contributed by atoms with van der Waals surface area (Å²) < 4.78 is 3.02. The third-order valence-corrected chi connectivity index (χ3v) is 5.57. The van der Waals surface area contributed by atoms with Crippen molar-refractivity contribution in [1.82, 2.24) is 24.5 Å². The molecule has 1 amide bonds. The van der Waals surface area contributed by atoms with Crippen molar-refractivity contribution in [1.29, 1.82) is 0 Å². The molecule has 0 aliphatic heterocycles. The highest BCUT2D eigenvalue weighted by molar-refractivity contribution is 6.44. The Morgan fingerprint density at radius 3 is 2.64 bits per heavy atom. The number of nitrogen functional groups attached to an aromatic ring is 1. The van der Waals surface area contributed by atoms with Crippen molar-refractivity contribution in [3.05, 3.63) is 86.9 Å². The van der Waals surface area contributed by atoms with Crippen molar-refractivity contribution in [2.24, 2.45) is 0 Å². The quantitative estimate of drug-likeness (QED) is 0.483. The van der Waals surface area contributed by atoms with Gasteiger partial charge >= 0.3 is 0 Å². The molecule has 4 rings (SSSR count). The number of hydrogen-bond donors (Lipinski definition) is 2. The van der Waals surface area contributed by atoms with Crippen molar-refractivity contribution < 1.29 is 4.79 Å². The molecule has 1 aromatic carbocycles. The fraction of sp³-hybridized carbons (Fsp3) is 0.167. The van der Waals surface area contributed by atoms with E-state index >= 15 is 0 Å². The van der Waals surface area contributed by atoms with Crippen LogP contribution in [0.5, 0.6) is 0 Å². The second-order valence-corrected chi connectivity index (χ2v) is 8.11. The third-order valence-electron chi connectivity index (χ3n) is 5.38. The summed E-state index contributed by atoms with van der Waals surface area (Å²) in [4.78, 5) is 30.9. The Kier molecular flexibility index (Phi) is 6.02. The number of fused-ring (bicyclic) bond motifs is 1. The van der Waals surface area contributed by atoms with E-state index in [1.165, 1.54) is 4.52 Å². The molecule has 3 aromatic heterocycles. The van der Waals surface area contributed by atoms with E-state index < -0.39 is 11.9 Å². The first-order valence-corrected chi connectivity index (χ1v) is 10.7. The molecule has 0 radical (unpaired) electrons. The first-order valence-electron chi connectivity index (χ1n) is 10.4. The monoisotopic (exact) mass is 462 g/mol. The van der Waals surface area contributed by atoms with Gasteiger partial charge in [0.1, 0.15) is 5.56 Å². The Bertz CT molecular complexity index is 1540. The highest BCUT2D eigenvalue weighted by Gasteiger charge is 2.23. The molecule has 3 heterocycles.